The SMILES string of the molecule is Cc1ccc([C@@H](C#N)O[Si](C)(C)C)cc1. The van der Waals surface area contributed by atoms with Crippen molar-refractivity contribution in [2.45, 2.75) is 32.7 Å². The van der Waals surface area contributed by atoms with Gasteiger partial charge >= 0.3 is 0 Å². The standard InChI is InChI=1S/C12H17NOSi/c1-10-5-7-11(8-6-10)12(9-13)14-15(2,3)4/h5-8,12H,1-4H3/t12-/m1/s1. The van der Waals surface area contributed by atoms with Crippen LogP contribution >= 0.6 is 0 Å². The van der Waals surface area contributed by atoms with Gasteiger partial charge in [0.25, 0.3) is 0 Å². The van der Waals surface area contributed by atoms with Gasteiger partial charge < -0.3 is 4.43 Å². The highest BCUT2D eigenvalue weighted by molar-refractivity contribution is 6.69. The van der Waals surface area contributed by atoms with Crippen molar-refractivity contribution in [1.29, 1.82) is 5.26 Å². The maximum Gasteiger partial charge on any atom is 0.186 e. The predicted octanol–water partition coefficient (Wildman–Crippen LogP) is 3.41. The molecule has 1 aromatic carbocycles. The molecule has 1 atom stereocenters. The minimum absolute atomic E-state index is 0.419. The van der Waals surface area contributed by atoms with E-state index in [4.69, 9.17) is 9.69 Å². The van der Waals surface area contributed by atoms with Crippen molar-refractivity contribution in [2.24, 2.45) is 0 Å². The molecule has 0 aliphatic carbocycles. The summed E-state index contributed by atoms with van der Waals surface area (Å²) in [5, 5.41) is 9.06. The zero-order valence-electron chi connectivity index (χ0n) is 9.74. The van der Waals surface area contributed by atoms with Gasteiger partial charge in [0.1, 0.15) is 0 Å². The van der Waals surface area contributed by atoms with Gasteiger partial charge in [-0.15, -0.1) is 0 Å². The lowest BCUT2D eigenvalue weighted by Crippen LogP contribution is -2.27. The molecule has 0 aliphatic rings. The van der Waals surface area contributed by atoms with Gasteiger partial charge in [0, 0.05) is 0 Å². The van der Waals surface area contributed by atoms with Crippen LogP contribution in [0.1, 0.15) is 17.2 Å². The summed E-state index contributed by atoms with van der Waals surface area (Å²) in [6.07, 6.45) is -0.419. The first-order chi connectivity index (χ1) is 6.92. The largest absolute Gasteiger partial charge is 0.399 e. The van der Waals surface area contributed by atoms with E-state index in [2.05, 4.69) is 25.7 Å². The van der Waals surface area contributed by atoms with E-state index in [9.17, 15) is 0 Å². The van der Waals surface area contributed by atoms with Crippen LogP contribution in [0, 0.1) is 18.3 Å². The third kappa shape index (κ3) is 3.86. The minimum Gasteiger partial charge on any atom is -0.399 e. The number of aryl methyl sites for hydroxylation is 1. The summed E-state index contributed by atoms with van der Waals surface area (Å²) in [6, 6.07) is 10.1. The molecule has 0 unspecified atom stereocenters. The molecular formula is C12H17NOSi. The molecule has 0 N–H and O–H groups in total. The maximum atomic E-state index is 9.06. The molecule has 80 valence electrons. The van der Waals surface area contributed by atoms with E-state index < -0.39 is 14.4 Å². The van der Waals surface area contributed by atoms with Crippen LogP contribution in [0.3, 0.4) is 0 Å². The first-order valence-corrected chi connectivity index (χ1v) is 8.47. The van der Waals surface area contributed by atoms with Gasteiger partial charge in [-0.3, -0.25) is 0 Å². The second-order valence-corrected chi connectivity index (χ2v) is 9.11. The lowest BCUT2D eigenvalue weighted by molar-refractivity contribution is 0.255. The van der Waals surface area contributed by atoms with Crippen LogP contribution in [0.2, 0.25) is 19.6 Å². The first kappa shape index (κ1) is 12.0. The molecule has 3 heteroatoms. The number of nitrogens with zero attached hydrogens (tertiary/aromatic N) is 1. The van der Waals surface area contributed by atoms with Crippen molar-refractivity contribution >= 4 is 8.32 Å². The fourth-order valence-electron chi connectivity index (χ4n) is 1.26. The number of hydrogen-bond donors (Lipinski definition) is 0. The zero-order chi connectivity index (χ0) is 11.5. The third-order valence-electron chi connectivity index (χ3n) is 1.97. The predicted molar refractivity (Wildman–Crippen MR) is 64.0 cm³/mol. The molecule has 0 aromatic heterocycles. The molecule has 1 aromatic rings. The van der Waals surface area contributed by atoms with E-state index in [1.807, 2.05) is 31.2 Å². The van der Waals surface area contributed by atoms with Gasteiger partial charge in [-0.1, -0.05) is 29.8 Å². The summed E-state index contributed by atoms with van der Waals surface area (Å²) >= 11 is 0. The summed E-state index contributed by atoms with van der Waals surface area (Å²) in [7, 11) is -1.66. The quantitative estimate of drug-likeness (QED) is 0.730. The fraction of sp³-hybridized carbons (Fsp3) is 0.417. The van der Waals surface area contributed by atoms with E-state index >= 15 is 0 Å². The Morgan fingerprint density at radius 1 is 1.20 bits per heavy atom. The summed E-state index contributed by atoms with van der Waals surface area (Å²) in [5.41, 5.74) is 2.15. The van der Waals surface area contributed by atoms with Crippen LogP contribution in [0.4, 0.5) is 0 Å². The highest BCUT2D eigenvalue weighted by atomic mass is 28.4. The van der Waals surface area contributed by atoms with E-state index in [1.54, 1.807) is 0 Å². The average molecular weight is 219 g/mol. The molecule has 0 amide bonds. The van der Waals surface area contributed by atoms with Crippen molar-refractivity contribution in [3.8, 4) is 6.07 Å². The van der Waals surface area contributed by atoms with Crippen LogP contribution in [0.5, 0.6) is 0 Å². The minimum atomic E-state index is -1.66. The Kier molecular flexibility index (Phi) is 3.67. The smallest absolute Gasteiger partial charge is 0.186 e. The monoisotopic (exact) mass is 219 g/mol. The molecule has 0 aliphatic heterocycles. The lowest BCUT2D eigenvalue weighted by atomic mass is 10.1. The number of nitriles is 1. The molecule has 2 nitrogen and oxygen atoms in total. The summed E-state index contributed by atoms with van der Waals surface area (Å²) in [5.74, 6) is 0. The molecule has 0 saturated carbocycles. The van der Waals surface area contributed by atoms with E-state index in [0.717, 1.165) is 5.56 Å². The molecular weight excluding hydrogens is 202 g/mol. The fourth-order valence-corrected chi connectivity index (χ4v) is 2.16. The molecule has 0 saturated heterocycles. The van der Waals surface area contributed by atoms with Gasteiger partial charge in [0.05, 0.1) is 6.07 Å². The number of rotatable bonds is 3. The highest BCUT2D eigenvalue weighted by Gasteiger charge is 2.21. The molecule has 0 fully saturated rings. The Labute approximate surface area is 92.6 Å². The molecule has 0 heterocycles. The van der Waals surface area contributed by atoms with Gasteiger partial charge in [-0.2, -0.15) is 5.26 Å². The first-order valence-electron chi connectivity index (χ1n) is 5.06. The van der Waals surface area contributed by atoms with Gasteiger partial charge in [0.2, 0.25) is 0 Å². The van der Waals surface area contributed by atoms with Crippen molar-refractivity contribution in [3.05, 3.63) is 35.4 Å². The van der Waals surface area contributed by atoms with Crippen LogP contribution in [-0.4, -0.2) is 8.32 Å². The molecule has 1 rings (SSSR count). The molecule has 15 heavy (non-hydrogen) atoms. The topological polar surface area (TPSA) is 33.0 Å². The van der Waals surface area contributed by atoms with Gasteiger partial charge in [-0.05, 0) is 32.1 Å². The van der Waals surface area contributed by atoms with Crippen molar-refractivity contribution in [3.63, 3.8) is 0 Å². The van der Waals surface area contributed by atoms with Crippen molar-refractivity contribution < 1.29 is 4.43 Å². The van der Waals surface area contributed by atoms with E-state index in [-0.39, 0.29) is 0 Å². The Balaban J connectivity index is 2.85. The van der Waals surface area contributed by atoms with Crippen LogP contribution < -0.4 is 0 Å². The van der Waals surface area contributed by atoms with Crippen molar-refractivity contribution in [1.82, 2.24) is 0 Å². The molecule has 0 radical (unpaired) electrons. The van der Waals surface area contributed by atoms with Gasteiger partial charge in [-0.25, -0.2) is 0 Å². The number of benzene rings is 1. The van der Waals surface area contributed by atoms with Crippen molar-refractivity contribution in [2.75, 3.05) is 0 Å². The Morgan fingerprint density at radius 2 is 1.73 bits per heavy atom. The van der Waals surface area contributed by atoms with Gasteiger partial charge in [0.15, 0.2) is 14.4 Å². The van der Waals surface area contributed by atoms with Crippen LogP contribution in [-0.2, 0) is 4.43 Å². The molecule has 0 spiro atoms. The van der Waals surface area contributed by atoms with E-state index in [0.29, 0.717) is 0 Å². The third-order valence-corrected chi connectivity index (χ3v) is 2.91. The summed E-state index contributed by atoms with van der Waals surface area (Å²) < 4.78 is 5.79. The Morgan fingerprint density at radius 3 is 2.13 bits per heavy atom. The summed E-state index contributed by atoms with van der Waals surface area (Å²) in [6.45, 7) is 8.30. The lowest BCUT2D eigenvalue weighted by Gasteiger charge is -2.21. The molecule has 0 bridgehead atoms. The van der Waals surface area contributed by atoms with Crippen LogP contribution in [0.15, 0.2) is 24.3 Å². The second-order valence-electron chi connectivity index (χ2n) is 4.65. The average Bonchev–Trinajstić information content (AvgIpc) is 2.14. The Bertz CT molecular complexity index is 359. The second kappa shape index (κ2) is 4.60. The Hall–Kier alpha value is -1.11. The maximum absolute atomic E-state index is 9.06. The number of hydrogen-bond acceptors (Lipinski definition) is 2. The normalized spacial score (nSPS) is 13.3. The zero-order valence-corrected chi connectivity index (χ0v) is 10.7. The van der Waals surface area contributed by atoms with Crippen LogP contribution in [0.25, 0.3) is 0 Å². The van der Waals surface area contributed by atoms with E-state index in [1.165, 1.54) is 5.56 Å². The highest BCUT2D eigenvalue weighted by Crippen LogP contribution is 2.21. The summed E-state index contributed by atoms with van der Waals surface area (Å²) in [4.78, 5) is 0.